The van der Waals surface area contributed by atoms with Crippen LogP contribution in [0, 0.1) is 0 Å². The van der Waals surface area contributed by atoms with Gasteiger partial charge in [0.05, 0.1) is 11.1 Å². The summed E-state index contributed by atoms with van der Waals surface area (Å²) in [5.41, 5.74) is 1.61. The van der Waals surface area contributed by atoms with Gasteiger partial charge in [0.2, 0.25) is 0 Å². The lowest BCUT2D eigenvalue weighted by Gasteiger charge is -1.91. The first-order chi connectivity index (χ1) is 5.83. The smallest absolute Gasteiger partial charge is 0.160 e. The van der Waals surface area contributed by atoms with Gasteiger partial charge >= 0.3 is 0 Å². The Hall–Kier alpha value is -1.16. The number of rotatable bonds is 1. The molecule has 0 aliphatic carbocycles. The van der Waals surface area contributed by atoms with Crippen molar-refractivity contribution in [3.8, 4) is 0 Å². The van der Waals surface area contributed by atoms with E-state index in [4.69, 9.17) is 11.6 Å². The van der Waals surface area contributed by atoms with Gasteiger partial charge in [-0.05, 0) is 6.42 Å². The van der Waals surface area contributed by atoms with Crippen molar-refractivity contribution < 1.29 is 0 Å². The molecule has 2 aromatic heterocycles. The first-order valence-electron chi connectivity index (χ1n) is 3.66. The molecule has 0 spiro atoms. The summed E-state index contributed by atoms with van der Waals surface area (Å²) in [6.45, 7) is 2.01. The number of nitrogens with one attached hydrogen (secondary N) is 1. The highest BCUT2D eigenvalue weighted by Crippen LogP contribution is 2.20. The van der Waals surface area contributed by atoms with Gasteiger partial charge in [0.25, 0.3) is 0 Å². The molecule has 5 heteroatoms. The van der Waals surface area contributed by atoms with E-state index in [0.29, 0.717) is 10.8 Å². The number of aromatic nitrogens is 4. The first-order valence-corrected chi connectivity index (χ1v) is 4.04. The van der Waals surface area contributed by atoms with Gasteiger partial charge in [-0.3, -0.25) is 5.10 Å². The minimum absolute atomic E-state index is 0.464. The molecule has 62 valence electrons. The Bertz CT molecular complexity index is 409. The lowest BCUT2D eigenvalue weighted by Crippen LogP contribution is -1.83. The van der Waals surface area contributed by atoms with Crippen LogP contribution in [0.4, 0.5) is 0 Å². The minimum atomic E-state index is 0.464. The predicted octanol–water partition coefficient (Wildman–Crippen LogP) is 1.57. The van der Waals surface area contributed by atoms with Crippen LogP contribution in [0.5, 0.6) is 0 Å². The largest absolute Gasteiger partial charge is 0.260 e. The minimum Gasteiger partial charge on any atom is -0.260 e. The molecule has 0 atom stereocenters. The van der Waals surface area contributed by atoms with Crippen molar-refractivity contribution in [2.75, 3.05) is 0 Å². The SMILES string of the molecule is CCc1n[nH]c2ncnc(Cl)c12. The molecule has 4 nitrogen and oxygen atoms in total. The van der Waals surface area contributed by atoms with E-state index in [-0.39, 0.29) is 0 Å². The van der Waals surface area contributed by atoms with Crippen LogP contribution in [0.3, 0.4) is 0 Å². The predicted molar refractivity (Wildman–Crippen MR) is 46.1 cm³/mol. The highest BCUT2D eigenvalue weighted by molar-refractivity contribution is 6.34. The maximum Gasteiger partial charge on any atom is 0.160 e. The Kier molecular flexibility index (Phi) is 1.69. The Labute approximate surface area is 74.0 Å². The third-order valence-electron chi connectivity index (χ3n) is 1.72. The van der Waals surface area contributed by atoms with E-state index < -0.39 is 0 Å². The van der Waals surface area contributed by atoms with E-state index in [0.717, 1.165) is 17.5 Å². The van der Waals surface area contributed by atoms with E-state index in [1.54, 1.807) is 0 Å². The van der Waals surface area contributed by atoms with Crippen LogP contribution in [0.25, 0.3) is 11.0 Å². The second kappa shape index (κ2) is 2.71. The standard InChI is InChI=1S/C7H7ClN4/c1-2-4-5-6(8)9-3-10-7(5)12-11-4/h3H,2H2,1H3,(H,9,10,11,12). The van der Waals surface area contributed by atoms with Crippen molar-refractivity contribution in [1.82, 2.24) is 20.2 Å². The Morgan fingerprint density at radius 1 is 1.50 bits per heavy atom. The third kappa shape index (κ3) is 0.956. The number of H-pyrrole nitrogens is 1. The molecule has 0 unspecified atom stereocenters. The molecule has 0 saturated carbocycles. The third-order valence-corrected chi connectivity index (χ3v) is 2.01. The van der Waals surface area contributed by atoms with Crippen molar-refractivity contribution in [3.63, 3.8) is 0 Å². The van der Waals surface area contributed by atoms with Gasteiger partial charge in [-0.25, -0.2) is 9.97 Å². The fourth-order valence-corrected chi connectivity index (χ4v) is 1.38. The Morgan fingerprint density at radius 3 is 3.08 bits per heavy atom. The molecule has 0 aromatic carbocycles. The maximum absolute atomic E-state index is 5.87. The zero-order valence-electron chi connectivity index (χ0n) is 6.50. The lowest BCUT2D eigenvalue weighted by molar-refractivity contribution is 0.983. The van der Waals surface area contributed by atoms with Gasteiger partial charge < -0.3 is 0 Å². The maximum atomic E-state index is 5.87. The van der Waals surface area contributed by atoms with Crippen LogP contribution in [-0.2, 0) is 6.42 Å². The Morgan fingerprint density at radius 2 is 2.33 bits per heavy atom. The molecule has 2 heterocycles. The van der Waals surface area contributed by atoms with Crippen LogP contribution in [-0.4, -0.2) is 20.2 Å². The van der Waals surface area contributed by atoms with Crippen LogP contribution in [0.1, 0.15) is 12.6 Å². The summed E-state index contributed by atoms with van der Waals surface area (Å²) < 4.78 is 0. The fraction of sp³-hybridized carbons (Fsp3) is 0.286. The van der Waals surface area contributed by atoms with Gasteiger partial charge in [-0.15, -0.1) is 0 Å². The Balaban J connectivity index is 2.83. The topological polar surface area (TPSA) is 54.5 Å². The van der Waals surface area contributed by atoms with Crippen molar-refractivity contribution in [1.29, 1.82) is 0 Å². The first kappa shape index (κ1) is 7.49. The van der Waals surface area contributed by atoms with Gasteiger partial charge in [-0.2, -0.15) is 5.10 Å². The van der Waals surface area contributed by atoms with Crippen molar-refractivity contribution in [2.45, 2.75) is 13.3 Å². The summed E-state index contributed by atoms with van der Waals surface area (Å²) in [6.07, 6.45) is 2.25. The second-order valence-electron chi connectivity index (χ2n) is 2.41. The summed E-state index contributed by atoms with van der Waals surface area (Å²) in [6, 6.07) is 0. The van der Waals surface area contributed by atoms with E-state index in [1.165, 1.54) is 6.33 Å². The fourth-order valence-electron chi connectivity index (χ4n) is 1.14. The van der Waals surface area contributed by atoms with E-state index in [2.05, 4.69) is 20.2 Å². The summed E-state index contributed by atoms with van der Waals surface area (Å²) in [5.74, 6) is 0. The van der Waals surface area contributed by atoms with E-state index in [1.807, 2.05) is 6.92 Å². The van der Waals surface area contributed by atoms with Crippen LogP contribution >= 0.6 is 11.6 Å². The van der Waals surface area contributed by atoms with Crippen molar-refractivity contribution in [2.24, 2.45) is 0 Å². The molecule has 0 bridgehead atoms. The van der Waals surface area contributed by atoms with Crippen molar-refractivity contribution in [3.05, 3.63) is 17.2 Å². The zero-order valence-corrected chi connectivity index (χ0v) is 7.26. The molecule has 1 N–H and O–H groups in total. The summed E-state index contributed by atoms with van der Waals surface area (Å²) in [7, 11) is 0. The number of hydrogen-bond donors (Lipinski definition) is 1. The highest BCUT2D eigenvalue weighted by Gasteiger charge is 2.08. The van der Waals surface area contributed by atoms with Gasteiger partial charge in [0, 0.05) is 0 Å². The summed E-state index contributed by atoms with van der Waals surface area (Å²) >= 11 is 5.87. The average Bonchev–Trinajstić information content (AvgIpc) is 2.49. The molecule has 0 aliphatic heterocycles. The van der Waals surface area contributed by atoms with Gasteiger partial charge in [0.1, 0.15) is 11.5 Å². The van der Waals surface area contributed by atoms with Gasteiger partial charge in [0.15, 0.2) is 5.65 Å². The number of nitrogens with zero attached hydrogens (tertiary/aromatic N) is 3. The second-order valence-corrected chi connectivity index (χ2v) is 2.77. The van der Waals surface area contributed by atoms with Gasteiger partial charge in [-0.1, -0.05) is 18.5 Å². The summed E-state index contributed by atoms with van der Waals surface area (Å²) in [4.78, 5) is 7.88. The molecular formula is C7H7ClN4. The van der Waals surface area contributed by atoms with Crippen LogP contribution in [0.15, 0.2) is 6.33 Å². The van der Waals surface area contributed by atoms with E-state index in [9.17, 15) is 0 Å². The number of aryl methyl sites for hydroxylation is 1. The molecule has 2 aromatic rings. The molecule has 0 fully saturated rings. The van der Waals surface area contributed by atoms with E-state index >= 15 is 0 Å². The molecule has 0 amide bonds. The molecule has 12 heavy (non-hydrogen) atoms. The molecule has 0 aliphatic rings. The quantitative estimate of drug-likeness (QED) is 0.682. The number of aromatic amines is 1. The monoisotopic (exact) mass is 182 g/mol. The van der Waals surface area contributed by atoms with Crippen LogP contribution in [0.2, 0.25) is 5.15 Å². The van der Waals surface area contributed by atoms with Crippen LogP contribution < -0.4 is 0 Å². The normalized spacial score (nSPS) is 10.8. The molecular weight excluding hydrogens is 176 g/mol. The average molecular weight is 183 g/mol. The van der Waals surface area contributed by atoms with Crippen molar-refractivity contribution >= 4 is 22.6 Å². The highest BCUT2D eigenvalue weighted by atomic mass is 35.5. The molecule has 0 saturated heterocycles. The molecule has 2 rings (SSSR count). The zero-order chi connectivity index (χ0) is 8.55. The number of fused-ring (bicyclic) bond motifs is 1. The number of hydrogen-bond acceptors (Lipinski definition) is 3. The lowest BCUT2D eigenvalue weighted by atomic mass is 10.2. The summed E-state index contributed by atoms with van der Waals surface area (Å²) in [5, 5.41) is 8.16. The number of halogens is 1. The molecule has 0 radical (unpaired) electrons.